The lowest BCUT2D eigenvalue weighted by atomic mass is 9.95. The van der Waals surface area contributed by atoms with E-state index in [2.05, 4.69) is 15.8 Å². The normalized spacial score (nSPS) is 15.6. The summed E-state index contributed by atoms with van der Waals surface area (Å²) >= 11 is 0. The van der Waals surface area contributed by atoms with Gasteiger partial charge < -0.3 is 10.4 Å². The van der Waals surface area contributed by atoms with E-state index < -0.39 is 5.91 Å². The molecule has 1 aliphatic carbocycles. The maximum atomic E-state index is 11.7. The number of carbonyl (C=O) groups excluding carboxylic acids is 2. The van der Waals surface area contributed by atoms with E-state index >= 15 is 0 Å². The molecule has 6 heteroatoms. The predicted octanol–water partition coefficient (Wildman–Crippen LogP) is 1.68. The molecule has 0 saturated heterocycles. The van der Waals surface area contributed by atoms with Crippen molar-refractivity contribution in [1.82, 2.24) is 10.7 Å². The molecule has 0 radical (unpaired) electrons. The van der Waals surface area contributed by atoms with Crippen LogP contribution in [0, 0.1) is 0 Å². The van der Waals surface area contributed by atoms with Crippen LogP contribution in [-0.4, -0.2) is 29.2 Å². The quantitative estimate of drug-likeness (QED) is 0.439. The van der Waals surface area contributed by atoms with Gasteiger partial charge in [0.25, 0.3) is 0 Å². The largest absolute Gasteiger partial charge is 0.507 e. The molecule has 2 rings (SSSR count). The number of nitrogens with one attached hydrogen (secondary N) is 2. The van der Waals surface area contributed by atoms with Gasteiger partial charge >= 0.3 is 0 Å². The molecule has 3 N–H and O–H groups in total. The number of nitrogens with zero attached hydrogens (tertiary/aromatic N) is 1. The lowest BCUT2D eigenvalue weighted by Crippen LogP contribution is -2.38. The molecule has 0 spiro atoms. The van der Waals surface area contributed by atoms with Crippen molar-refractivity contribution in [3.63, 3.8) is 0 Å². The molecule has 0 heterocycles. The van der Waals surface area contributed by atoms with Gasteiger partial charge in [0, 0.05) is 11.6 Å². The third-order valence-electron chi connectivity index (χ3n) is 3.62. The summed E-state index contributed by atoms with van der Waals surface area (Å²) in [6.07, 6.45) is 6.54. The van der Waals surface area contributed by atoms with Crippen LogP contribution in [-0.2, 0) is 9.59 Å². The minimum absolute atomic E-state index is 0.0792. The number of aromatic hydroxyl groups is 1. The van der Waals surface area contributed by atoms with Crippen LogP contribution in [0.4, 0.5) is 0 Å². The Balaban J connectivity index is 1.73. The Morgan fingerprint density at radius 2 is 1.91 bits per heavy atom. The van der Waals surface area contributed by atoms with Crippen LogP contribution in [0.5, 0.6) is 5.75 Å². The molecule has 1 fully saturated rings. The molecule has 1 aliphatic rings. The number of phenolic OH excluding ortho intramolecular Hbond substituents is 1. The van der Waals surface area contributed by atoms with E-state index in [1.54, 1.807) is 18.2 Å². The van der Waals surface area contributed by atoms with Gasteiger partial charge in [-0.15, -0.1) is 0 Å². The molecule has 1 saturated carbocycles. The minimum Gasteiger partial charge on any atom is -0.507 e. The third-order valence-corrected chi connectivity index (χ3v) is 3.62. The summed E-state index contributed by atoms with van der Waals surface area (Å²) in [6, 6.07) is 6.84. The number of benzene rings is 1. The van der Waals surface area contributed by atoms with E-state index in [9.17, 15) is 14.7 Å². The van der Waals surface area contributed by atoms with E-state index in [1.165, 1.54) is 18.7 Å². The van der Waals surface area contributed by atoms with Crippen LogP contribution in [0.15, 0.2) is 29.4 Å². The minimum atomic E-state index is -0.472. The molecule has 6 nitrogen and oxygen atoms in total. The second kappa shape index (κ2) is 8.17. The fraction of sp³-hybridized carbons (Fsp3) is 0.438. The average Bonchev–Trinajstić information content (AvgIpc) is 2.50. The number of amides is 2. The van der Waals surface area contributed by atoms with Crippen LogP contribution in [0.25, 0.3) is 0 Å². The highest BCUT2D eigenvalue weighted by molar-refractivity contribution is 5.97. The van der Waals surface area contributed by atoms with Crippen molar-refractivity contribution in [3.8, 4) is 5.75 Å². The van der Waals surface area contributed by atoms with Gasteiger partial charge in [-0.3, -0.25) is 9.59 Å². The zero-order valence-electron chi connectivity index (χ0n) is 12.4. The van der Waals surface area contributed by atoms with Gasteiger partial charge in [0.1, 0.15) is 12.2 Å². The smallest absolute Gasteiger partial charge is 0.249 e. The number of carbonyl (C=O) groups is 2. The van der Waals surface area contributed by atoms with Gasteiger partial charge in [-0.25, -0.2) is 5.43 Å². The Labute approximate surface area is 129 Å². The second-order valence-electron chi connectivity index (χ2n) is 5.43. The first-order valence-electron chi connectivity index (χ1n) is 7.54. The Morgan fingerprint density at radius 3 is 2.64 bits per heavy atom. The fourth-order valence-corrected chi connectivity index (χ4v) is 2.48. The molecule has 0 atom stereocenters. The van der Waals surface area contributed by atoms with Crippen molar-refractivity contribution in [2.75, 3.05) is 0 Å². The zero-order chi connectivity index (χ0) is 15.8. The number of hydrazone groups is 1. The first-order valence-corrected chi connectivity index (χ1v) is 7.54. The summed E-state index contributed by atoms with van der Waals surface area (Å²) in [5.41, 5.74) is 2.78. The highest BCUT2D eigenvalue weighted by Crippen LogP contribution is 2.17. The topological polar surface area (TPSA) is 90.8 Å². The summed E-state index contributed by atoms with van der Waals surface area (Å²) in [7, 11) is 0. The van der Waals surface area contributed by atoms with Gasteiger partial charge in [-0.2, -0.15) is 5.10 Å². The highest BCUT2D eigenvalue weighted by atomic mass is 16.3. The molecule has 0 aliphatic heterocycles. The SMILES string of the molecule is O=C(CC(=O)NC1CCCCC1)N/N=C/c1ccccc1O. The van der Waals surface area contributed by atoms with Crippen LogP contribution < -0.4 is 10.7 Å². The number of phenols is 1. The second-order valence-corrected chi connectivity index (χ2v) is 5.43. The van der Waals surface area contributed by atoms with E-state index in [4.69, 9.17) is 0 Å². The molecule has 0 unspecified atom stereocenters. The standard InChI is InChI=1S/C16H21N3O3/c20-14-9-5-4-6-12(14)11-17-19-16(22)10-15(21)18-13-7-2-1-3-8-13/h4-6,9,11,13,20H,1-3,7-8,10H2,(H,18,21)(H,19,22)/b17-11+. The third kappa shape index (κ3) is 5.20. The first-order chi connectivity index (χ1) is 10.6. The van der Waals surface area contributed by atoms with Crippen molar-refractivity contribution < 1.29 is 14.7 Å². The highest BCUT2D eigenvalue weighted by Gasteiger charge is 2.17. The maximum Gasteiger partial charge on any atom is 0.249 e. The Morgan fingerprint density at radius 1 is 1.18 bits per heavy atom. The van der Waals surface area contributed by atoms with Crippen molar-refractivity contribution in [2.45, 2.75) is 44.6 Å². The van der Waals surface area contributed by atoms with Crippen molar-refractivity contribution in [1.29, 1.82) is 0 Å². The van der Waals surface area contributed by atoms with E-state index in [0.717, 1.165) is 25.7 Å². The zero-order valence-corrected chi connectivity index (χ0v) is 12.4. The maximum absolute atomic E-state index is 11.7. The number of para-hydroxylation sites is 1. The Bertz CT molecular complexity index is 551. The molecule has 118 valence electrons. The summed E-state index contributed by atoms with van der Waals surface area (Å²) in [4.78, 5) is 23.4. The van der Waals surface area contributed by atoms with Crippen LogP contribution in [0.1, 0.15) is 44.1 Å². The Hall–Kier alpha value is -2.37. The van der Waals surface area contributed by atoms with Crippen LogP contribution in [0.2, 0.25) is 0 Å². The number of rotatable bonds is 5. The summed E-state index contributed by atoms with van der Waals surface area (Å²) in [6.45, 7) is 0. The van der Waals surface area contributed by atoms with E-state index in [1.807, 2.05) is 0 Å². The molecular weight excluding hydrogens is 282 g/mol. The van der Waals surface area contributed by atoms with Crippen molar-refractivity contribution in [3.05, 3.63) is 29.8 Å². The predicted molar refractivity (Wildman–Crippen MR) is 83.5 cm³/mol. The van der Waals surface area contributed by atoms with Gasteiger partial charge in [0.2, 0.25) is 11.8 Å². The molecule has 2 amide bonds. The molecule has 1 aromatic carbocycles. The fourth-order valence-electron chi connectivity index (χ4n) is 2.48. The monoisotopic (exact) mass is 303 g/mol. The molecule has 0 bridgehead atoms. The number of hydrogen-bond acceptors (Lipinski definition) is 4. The number of hydrogen-bond donors (Lipinski definition) is 3. The first kappa shape index (κ1) is 16.0. The molecule has 22 heavy (non-hydrogen) atoms. The molecule has 0 aromatic heterocycles. The lowest BCUT2D eigenvalue weighted by molar-refractivity contribution is -0.129. The Kier molecular flexibility index (Phi) is 5.94. The molecule has 1 aromatic rings. The van der Waals surface area contributed by atoms with Crippen molar-refractivity contribution >= 4 is 18.0 Å². The summed E-state index contributed by atoms with van der Waals surface area (Å²) < 4.78 is 0. The van der Waals surface area contributed by atoms with Gasteiger partial charge in [0.05, 0.1) is 6.21 Å². The van der Waals surface area contributed by atoms with E-state index in [0.29, 0.717) is 5.56 Å². The van der Waals surface area contributed by atoms with Crippen LogP contribution >= 0.6 is 0 Å². The van der Waals surface area contributed by atoms with Gasteiger partial charge in [-0.1, -0.05) is 31.4 Å². The summed E-state index contributed by atoms with van der Waals surface area (Å²) in [5.74, 6) is -0.669. The summed E-state index contributed by atoms with van der Waals surface area (Å²) in [5, 5.41) is 16.1. The lowest BCUT2D eigenvalue weighted by Gasteiger charge is -2.22. The average molecular weight is 303 g/mol. The van der Waals surface area contributed by atoms with E-state index in [-0.39, 0.29) is 24.1 Å². The molecular formula is C16H21N3O3. The van der Waals surface area contributed by atoms with Crippen molar-refractivity contribution in [2.24, 2.45) is 5.10 Å². The van der Waals surface area contributed by atoms with Gasteiger partial charge in [-0.05, 0) is 25.0 Å². The van der Waals surface area contributed by atoms with Gasteiger partial charge in [0.15, 0.2) is 0 Å². The van der Waals surface area contributed by atoms with Crippen LogP contribution in [0.3, 0.4) is 0 Å².